The summed E-state index contributed by atoms with van der Waals surface area (Å²) in [5.74, 6) is 0. The predicted octanol–water partition coefficient (Wildman–Crippen LogP) is 1.98. The molecule has 13 heavy (non-hydrogen) atoms. The third-order valence-electron chi connectivity index (χ3n) is 1.39. The van der Waals surface area contributed by atoms with Crippen LogP contribution < -0.4 is 11.1 Å². The molecule has 1 aromatic heterocycles. The highest BCUT2D eigenvalue weighted by atomic mass is 32.1. The third-order valence-corrected chi connectivity index (χ3v) is 2.33. The van der Waals surface area contributed by atoms with Gasteiger partial charge in [0.2, 0.25) is 0 Å². The molecule has 0 saturated carbocycles. The van der Waals surface area contributed by atoms with E-state index in [1.54, 1.807) is 11.4 Å². The highest BCUT2D eigenvalue weighted by Gasteiger charge is 2.26. The van der Waals surface area contributed by atoms with Crippen molar-refractivity contribution in [2.45, 2.75) is 12.7 Å². The van der Waals surface area contributed by atoms with Gasteiger partial charge in [-0.05, 0) is 11.4 Å². The fourth-order valence-electron chi connectivity index (χ4n) is 0.812. The van der Waals surface area contributed by atoms with Gasteiger partial charge < -0.3 is 11.1 Å². The molecule has 0 aromatic carbocycles. The molecule has 0 saturated heterocycles. The van der Waals surface area contributed by atoms with Crippen LogP contribution in [0.5, 0.6) is 0 Å². The lowest BCUT2D eigenvalue weighted by atomic mass is 10.4. The summed E-state index contributed by atoms with van der Waals surface area (Å²) in [5, 5.41) is 4.02. The van der Waals surface area contributed by atoms with Crippen molar-refractivity contribution in [1.82, 2.24) is 5.32 Å². The van der Waals surface area contributed by atoms with E-state index in [1.165, 1.54) is 11.3 Å². The SMILES string of the molecule is Nc1ccsc1CNCC(F)(F)F. The zero-order chi connectivity index (χ0) is 9.90. The first-order valence-corrected chi connectivity index (χ1v) is 4.46. The number of nitrogens with one attached hydrogen (secondary N) is 1. The summed E-state index contributed by atoms with van der Waals surface area (Å²) >= 11 is 1.35. The topological polar surface area (TPSA) is 38.0 Å². The van der Waals surface area contributed by atoms with Crippen molar-refractivity contribution in [3.63, 3.8) is 0 Å². The average molecular weight is 210 g/mol. The molecule has 0 atom stereocenters. The van der Waals surface area contributed by atoms with Gasteiger partial charge in [-0.25, -0.2) is 0 Å². The lowest BCUT2D eigenvalue weighted by Gasteiger charge is -2.07. The Morgan fingerprint density at radius 2 is 2.15 bits per heavy atom. The van der Waals surface area contributed by atoms with E-state index in [1.807, 2.05) is 0 Å². The summed E-state index contributed by atoms with van der Waals surface area (Å²) in [6, 6.07) is 1.68. The van der Waals surface area contributed by atoms with Crippen molar-refractivity contribution in [2.24, 2.45) is 0 Å². The molecular weight excluding hydrogens is 201 g/mol. The molecule has 0 bridgehead atoms. The maximum atomic E-state index is 11.7. The van der Waals surface area contributed by atoms with Crippen LogP contribution in [0.15, 0.2) is 11.4 Å². The summed E-state index contributed by atoms with van der Waals surface area (Å²) in [6.07, 6.45) is -4.16. The maximum Gasteiger partial charge on any atom is 0.401 e. The Morgan fingerprint density at radius 1 is 1.46 bits per heavy atom. The van der Waals surface area contributed by atoms with Gasteiger partial charge in [-0.1, -0.05) is 0 Å². The molecule has 0 fully saturated rings. The molecule has 1 rings (SSSR count). The van der Waals surface area contributed by atoms with E-state index in [-0.39, 0.29) is 6.54 Å². The lowest BCUT2D eigenvalue weighted by molar-refractivity contribution is -0.125. The van der Waals surface area contributed by atoms with Gasteiger partial charge in [0.1, 0.15) is 0 Å². The molecule has 0 radical (unpaired) electrons. The number of anilines is 1. The lowest BCUT2D eigenvalue weighted by Crippen LogP contribution is -2.28. The Balaban J connectivity index is 2.32. The molecule has 6 heteroatoms. The maximum absolute atomic E-state index is 11.7. The normalized spacial score (nSPS) is 11.9. The molecule has 1 aromatic rings. The molecule has 0 unspecified atom stereocenters. The van der Waals surface area contributed by atoms with Gasteiger partial charge in [-0.2, -0.15) is 13.2 Å². The second kappa shape index (κ2) is 3.97. The van der Waals surface area contributed by atoms with E-state index >= 15 is 0 Å². The van der Waals surface area contributed by atoms with Gasteiger partial charge in [-0.15, -0.1) is 11.3 Å². The first kappa shape index (κ1) is 10.3. The van der Waals surface area contributed by atoms with Crippen molar-refractivity contribution < 1.29 is 13.2 Å². The van der Waals surface area contributed by atoms with Crippen LogP contribution in [0.1, 0.15) is 4.88 Å². The van der Waals surface area contributed by atoms with Crippen molar-refractivity contribution in [1.29, 1.82) is 0 Å². The third kappa shape index (κ3) is 3.65. The largest absolute Gasteiger partial charge is 0.401 e. The number of hydrogen-bond donors (Lipinski definition) is 2. The minimum atomic E-state index is -4.16. The number of thiophene rings is 1. The van der Waals surface area contributed by atoms with Crippen LogP contribution >= 0.6 is 11.3 Å². The fraction of sp³-hybridized carbons (Fsp3) is 0.429. The second-order valence-corrected chi connectivity index (χ2v) is 3.52. The molecule has 0 aliphatic rings. The Bertz CT molecular complexity index is 269. The molecule has 0 aliphatic heterocycles. The van der Waals surface area contributed by atoms with Crippen molar-refractivity contribution in [2.75, 3.05) is 12.3 Å². The second-order valence-electron chi connectivity index (χ2n) is 2.52. The summed E-state index contributed by atoms with van der Waals surface area (Å²) < 4.78 is 35.1. The van der Waals surface area contributed by atoms with Crippen LogP contribution in [-0.2, 0) is 6.54 Å². The molecule has 0 spiro atoms. The molecule has 0 aliphatic carbocycles. The van der Waals surface area contributed by atoms with Gasteiger partial charge in [0.15, 0.2) is 0 Å². The number of nitrogens with two attached hydrogens (primary N) is 1. The van der Waals surface area contributed by atoms with E-state index < -0.39 is 12.7 Å². The number of nitrogen functional groups attached to an aromatic ring is 1. The standard InChI is InChI=1S/C7H9F3N2S/c8-7(9,10)4-12-3-6-5(11)1-2-13-6/h1-2,12H,3-4,11H2. The Morgan fingerprint density at radius 3 is 2.62 bits per heavy atom. The minimum Gasteiger partial charge on any atom is -0.398 e. The van der Waals surface area contributed by atoms with Crippen molar-refractivity contribution in [3.05, 3.63) is 16.3 Å². The zero-order valence-corrected chi connectivity index (χ0v) is 7.50. The number of hydrogen-bond acceptors (Lipinski definition) is 3. The fourth-order valence-corrected chi connectivity index (χ4v) is 1.58. The predicted molar refractivity (Wildman–Crippen MR) is 46.5 cm³/mol. The van der Waals surface area contributed by atoms with Gasteiger partial charge >= 0.3 is 6.18 Å². The summed E-state index contributed by atoms with van der Waals surface area (Å²) in [7, 11) is 0. The van der Waals surface area contributed by atoms with Crippen molar-refractivity contribution in [3.8, 4) is 0 Å². The first-order valence-electron chi connectivity index (χ1n) is 3.58. The average Bonchev–Trinajstić information content (AvgIpc) is 2.34. The van der Waals surface area contributed by atoms with Gasteiger partial charge in [-0.3, -0.25) is 0 Å². The van der Waals surface area contributed by atoms with E-state index in [2.05, 4.69) is 5.32 Å². The summed E-state index contributed by atoms with van der Waals surface area (Å²) in [5.41, 5.74) is 6.02. The molecule has 3 N–H and O–H groups in total. The minimum absolute atomic E-state index is 0.170. The highest BCUT2D eigenvalue weighted by Crippen LogP contribution is 2.19. The summed E-state index contributed by atoms with van der Waals surface area (Å²) in [6.45, 7) is -0.812. The van der Waals surface area contributed by atoms with Crippen LogP contribution in [0.3, 0.4) is 0 Å². The van der Waals surface area contributed by atoms with E-state index in [4.69, 9.17) is 5.73 Å². The molecule has 2 nitrogen and oxygen atoms in total. The van der Waals surface area contributed by atoms with Crippen LogP contribution in [0.2, 0.25) is 0 Å². The van der Waals surface area contributed by atoms with Gasteiger partial charge in [0.05, 0.1) is 6.54 Å². The van der Waals surface area contributed by atoms with Crippen LogP contribution in [0.4, 0.5) is 18.9 Å². The monoisotopic (exact) mass is 210 g/mol. The molecular formula is C7H9F3N2S. The number of rotatable bonds is 3. The van der Waals surface area contributed by atoms with Crippen LogP contribution in [0, 0.1) is 0 Å². The number of alkyl halides is 3. The quantitative estimate of drug-likeness (QED) is 0.800. The Kier molecular flexibility index (Phi) is 3.16. The Hall–Kier alpha value is -0.750. The smallest absolute Gasteiger partial charge is 0.398 e. The van der Waals surface area contributed by atoms with Crippen LogP contribution in [0.25, 0.3) is 0 Å². The van der Waals surface area contributed by atoms with Crippen LogP contribution in [-0.4, -0.2) is 12.7 Å². The zero-order valence-electron chi connectivity index (χ0n) is 6.69. The molecule has 74 valence electrons. The van der Waals surface area contributed by atoms with Gasteiger partial charge in [0.25, 0.3) is 0 Å². The van der Waals surface area contributed by atoms with E-state index in [9.17, 15) is 13.2 Å². The first-order chi connectivity index (χ1) is 5.99. The van der Waals surface area contributed by atoms with Gasteiger partial charge in [0, 0.05) is 17.1 Å². The van der Waals surface area contributed by atoms with E-state index in [0.717, 1.165) is 4.88 Å². The Labute approximate surface area is 77.6 Å². The molecule has 1 heterocycles. The number of halogens is 3. The molecule has 0 amide bonds. The van der Waals surface area contributed by atoms with Crippen molar-refractivity contribution >= 4 is 17.0 Å². The van der Waals surface area contributed by atoms with E-state index in [0.29, 0.717) is 5.69 Å². The summed E-state index contributed by atoms with van der Waals surface area (Å²) in [4.78, 5) is 0.740. The highest BCUT2D eigenvalue weighted by molar-refractivity contribution is 7.10.